The zero-order valence-electron chi connectivity index (χ0n) is 5.51. The molecule has 10 heavy (non-hydrogen) atoms. The molecule has 0 radical (unpaired) electrons. The lowest BCUT2D eigenvalue weighted by Crippen LogP contribution is -2.17. The van der Waals surface area contributed by atoms with Crippen molar-refractivity contribution in [2.24, 2.45) is 15.9 Å². The van der Waals surface area contributed by atoms with Crippen molar-refractivity contribution in [3.63, 3.8) is 0 Å². The lowest BCUT2D eigenvalue weighted by Gasteiger charge is -2.18. The van der Waals surface area contributed by atoms with Crippen molar-refractivity contribution in [3.8, 4) is 0 Å². The fourth-order valence-electron chi connectivity index (χ4n) is 1.13. The number of hydrogen-bond acceptors (Lipinski definition) is 2. The molecule has 0 aromatic heterocycles. The Morgan fingerprint density at radius 2 is 1.50 bits per heavy atom. The lowest BCUT2D eigenvalue weighted by molar-refractivity contribution is 0.606. The molecule has 2 aliphatic rings. The minimum atomic E-state index is 0.120. The molecular weight excluding hydrogens is 124 g/mol. The van der Waals surface area contributed by atoms with E-state index >= 15 is 0 Å². The van der Waals surface area contributed by atoms with Crippen molar-refractivity contribution in [2.45, 2.75) is 6.17 Å². The Bertz CT molecular complexity index is 186. The van der Waals surface area contributed by atoms with Gasteiger partial charge in [0, 0.05) is 18.3 Å². The number of rotatable bonds is 0. The first kappa shape index (κ1) is 5.59. The number of allylic oxidation sites excluding steroid dienone is 2. The van der Waals surface area contributed by atoms with Crippen LogP contribution in [0.5, 0.6) is 0 Å². The Morgan fingerprint density at radius 1 is 0.900 bits per heavy atom. The normalized spacial score (nSPS) is 34.4. The Morgan fingerprint density at radius 3 is 2.00 bits per heavy atom. The van der Waals surface area contributed by atoms with Crippen LogP contribution in [0.15, 0.2) is 34.3 Å². The molecule has 0 amide bonds. The Hall–Kier alpha value is -1.18. The van der Waals surface area contributed by atoms with Gasteiger partial charge in [0.15, 0.2) is 0 Å². The molecule has 0 aromatic rings. The van der Waals surface area contributed by atoms with Crippen LogP contribution in [-0.2, 0) is 0 Å². The van der Waals surface area contributed by atoms with E-state index in [-0.39, 0.29) is 6.17 Å². The van der Waals surface area contributed by atoms with E-state index in [1.165, 1.54) is 0 Å². The highest BCUT2D eigenvalue weighted by Gasteiger charge is 2.16. The van der Waals surface area contributed by atoms with Gasteiger partial charge in [-0.3, -0.25) is 9.98 Å². The van der Waals surface area contributed by atoms with E-state index in [0.717, 1.165) is 0 Å². The number of fused-ring (bicyclic) bond motifs is 1. The summed E-state index contributed by atoms with van der Waals surface area (Å²) in [4.78, 5) is 8.38. The number of dihydropyridines is 2. The average molecular weight is 132 g/mol. The van der Waals surface area contributed by atoms with E-state index in [1.54, 1.807) is 12.4 Å². The van der Waals surface area contributed by atoms with Crippen molar-refractivity contribution in [1.82, 2.24) is 0 Å². The Kier molecular flexibility index (Phi) is 1.24. The molecule has 2 heterocycles. The van der Waals surface area contributed by atoms with Crippen molar-refractivity contribution >= 4 is 12.4 Å². The number of nitrogens with zero attached hydrogens (tertiary/aromatic N) is 2. The van der Waals surface area contributed by atoms with Gasteiger partial charge in [0.05, 0.1) is 0 Å². The largest absolute Gasteiger partial charge is 0.266 e. The van der Waals surface area contributed by atoms with E-state index in [0.29, 0.717) is 5.92 Å². The van der Waals surface area contributed by atoms with Crippen LogP contribution in [0.25, 0.3) is 0 Å². The highest BCUT2D eigenvalue weighted by molar-refractivity contribution is 5.76. The van der Waals surface area contributed by atoms with Crippen LogP contribution < -0.4 is 0 Å². The maximum Gasteiger partial charge on any atom is 0.149 e. The second-order valence-electron chi connectivity index (χ2n) is 2.36. The van der Waals surface area contributed by atoms with Gasteiger partial charge < -0.3 is 0 Å². The molecule has 0 aliphatic carbocycles. The summed E-state index contributed by atoms with van der Waals surface area (Å²) in [6.07, 6.45) is 11.9. The summed E-state index contributed by atoms with van der Waals surface area (Å²) in [7, 11) is 0. The van der Waals surface area contributed by atoms with Crippen LogP contribution in [0.2, 0.25) is 0 Å². The third kappa shape index (κ3) is 0.817. The molecular formula is C8H8N2. The Balaban J connectivity index is 2.28. The highest BCUT2D eigenvalue weighted by atomic mass is 15.0. The quantitative estimate of drug-likeness (QED) is 0.473. The average Bonchev–Trinajstić information content (AvgIpc) is 2.05. The van der Waals surface area contributed by atoms with Crippen molar-refractivity contribution < 1.29 is 0 Å². The van der Waals surface area contributed by atoms with Crippen LogP contribution in [0.1, 0.15) is 0 Å². The maximum atomic E-state index is 4.19. The van der Waals surface area contributed by atoms with E-state index in [4.69, 9.17) is 0 Å². The topological polar surface area (TPSA) is 24.7 Å². The van der Waals surface area contributed by atoms with Gasteiger partial charge in [-0.15, -0.1) is 0 Å². The summed E-state index contributed by atoms with van der Waals surface area (Å²) >= 11 is 0. The molecule has 2 heteroatoms. The fraction of sp³-hybridized carbons (Fsp3) is 0.250. The summed E-state index contributed by atoms with van der Waals surface area (Å²) in [6, 6.07) is 0. The number of hydrogen-bond donors (Lipinski definition) is 0. The molecule has 0 spiro atoms. The van der Waals surface area contributed by atoms with Crippen molar-refractivity contribution in [2.75, 3.05) is 0 Å². The summed E-state index contributed by atoms with van der Waals surface area (Å²) in [6.45, 7) is 0. The first-order chi connectivity index (χ1) is 4.97. The second-order valence-corrected chi connectivity index (χ2v) is 2.36. The van der Waals surface area contributed by atoms with Crippen molar-refractivity contribution in [1.29, 1.82) is 0 Å². The standard InChI is InChI=1S/C8H8N2/c1-3-7-4-2-6-10-8(7)9-5-1/h1-8H. The SMILES string of the molecule is C1=CC2C=CC=NC2N=C1. The maximum absolute atomic E-state index is 4.19. The third-order valence-corrected chi connectivity index (χ3v) is 1.66. The molecule has 0 unspecified atom stereocenters. The van der Waals surface area contributed by atoms with Crippen LogP contribution in [0, 0.1) is 5.92 Å². The molecule has 0 saturated heterocycles. The van der Waals surface area contributed by atoms with Crippen LogP contribution in [-0.4, -0.2) is 18.6 Å². The first-order valence-corrected chi connectivity index (χ1v) is 3.37. The highest BCUT2D eigenvalue weighted by Crippen LogP contribution is 2.17. The van der Waals surface area contributed by atoms with Crippen molar-refractivity contribution in [3.05, 3.63) is 24.3 Å². The van der Waals surface area contributed by atoms with Crippen LogP contribution >= 0.6 is 0 Å². The van der Waals surface area contributed by atoms with Crippen LogP contribution in [0.4, 0.5) is 0 Å². The molecule has 50 valence electrons. The van der Waals surface area contributed by atoms with Gasteiger partial charge in [-0.05, 0) is 12.2 Å². The summed E-state index contributed by atoms with van der Waals surface area (Å²) in [5, 5.41) is 0. The van der Waals surface area contributed by atoms with Gasteiger partial charge in [-0.25, -0.2) is 0 Å². The fourth-order valence-corrected chi connectivity index (χ4v) is 1.13. The smallest absolute Gasteiger partial charge is 0.149 e. The molecule has 0 N–H and O–H groups in total. The van der Waals surface area contributed by atoms with Gasteiger partial charge in [-0.1, -0.05) is 12.2 Å². The van der Waals surface area contributed by atoms with E-state index in [1.807, 2.05) is 12.2 Å². The molecule has 0 aromatic carbocycles. The lowest BCUT2D eigenvalue weighted by atomic mass is 10.0. The Labute approximate surface area is 59.7 Å². The van der Waals surface area contributed by atoms with E-state index in [9.17, 15) is 0 Å². The first-order valence-electron chi connectivity index (χ1n) is 3.37. The van der Waals surface area contributed by atoms with Crippen LogP contribution in [0.3, 0.4) is 0 Å². The number of aliphatic imine (C=N–C) groups is 2. The predicted octanol–water partition coefficient (Wildman–Crippen LogP) is 1.21. The monoisotopic (exact) mass is 132 g/mol. The molecule has 0 bridgehead atoms. The summed E-state index contributed by atoms with van der Waals surface area (Å²) in [5.74, 6) is 0.398. The summed E-state index contributed by atoms with van der Waals surface area (Å²) < 4.78 is 0. The second kappa shape index (κ2) is 2.21. The third-order valence-electron chi connectivity index (χ3n) is 1.66. The molecule has 0 fully saturated rings. The van der Waals surface area contributed by atoms with Gasteiger partial charge >= 0.3 is 0 Å². The molecule has 0 saturated carbocycles. The minimum Gasteiger partial charge on any atom is -0.266 e. The zero-order chi connectivity index (χ0) is 6.81. The molecule has 2 rings (SSSR count). The summed E-state index contributed by atoms with van der Waals surface area (Å²) in [5.41, 5.74) is 0. The van der Waals surface area contributed by atoms with Gasteiger partial charge in [0.2, 0.25) is 0 Å². The molecule has 2 aliphatic heterocycles. The molecule has 0 atom stereocenters. The predicted molar refractivity (Wildman–Crippen MR) is 42.5 cm³/mol. The zero-order valence-corrected chi connectivity index (χ0v) is 5.51. The molecule has 2 nitrogen and oxygen atoms in total. The van der Waals surface area contributed by atoms with E-state index < -0.39 is 0 Å². The van der Waals surface area contributed by atoms with Gasteiger partial charge in [0.25, 0.3) is 0 Å². The van der Waals surface area contributed by atoms with Gasteiger partial charge in [0.1, 0.15) is 6.17 Å². The van der Waals surface area contributed by atoms with Gasteiger partial charge in [-0.2, -0.15) is 0 Å². The minimum absolute atomic E-state index is 0.120. The van der Waals surface area contributed by atoms with E-state index in [2.05, 4.69) is 22.1 Å².